The average molecular weight is 220 g/mol. The van der Waals surface area contributed by atoms with Crippen molar-refractivity contribution < 1.29 is 13.9 Å². The van der Waals surface area contributed by atoms with E-state index in [9.17, 15) is 9.18 Å². The standard InChI is InChI=1S/C13H13FO2/c1-16-12(15)9-2-3-10-8(11(9)14)4-5-13(10)6-7-13/h2-3H,4-7H2,1H3. The molecule has 16 heavy (non-hydrogen) atoms. The van der Waals surface area contributed by atoms with Crippen molar-refractivity contribution in [2.45, 2.75) is 31.1 Å². The molecule has 1 spiro atoms. The summed E-state index contributed by atoms with van der Waals surface area (Å²) >= 11 is 0. The molecule has 0 amide bonds. The molecule has 3 heteroatoms. The molecule has 84 valence electrons. The zero-order valence-electron chi connectivity index (χ0n) is 9.18. The summed E-state index contributed by atoms with van der Waals surface area (Å²) in [5, 5.41) is 0. The van der Waals surface area contributed by atoms with Gasteiger partial charge in [-0.3, -0.25) is 0 Å². The maximum atomic E-state index is 14.1. The van der Waals surface area contributed by atoms with E-state index in [0.717, 1.165) is 36.8 Å². The first-order valence-electron chi connectivity index (χ1n) is 5.58. The van der Waals surface area contributed by atoms with Crippen LogP contribution in [0.3, 0.4) is 0 Å². The minimum atomic E-state index is -0.586. The van der Waals surface area contributed by atoms with Gasteiger partial charge in [-0.25, -0.2) is 9.18 Å². The number of halogens is 1. The molecule has 0 bridgehead atoms. The van der Waals surface area contributed by atoms with Gasteiger partial charge in [-0.2, -0.15) is 0 Å². The number of carbonyl (C=O) groups is 1. The number of benzene rings is 1. The van der Waals surface area contributed by atoms with Crippen molar-refractivity contribution in [1.29, 1.82) is 0 Å². The van der Waals surface area contributed by atoms with E-state index in [1.807, 2.05) is 6.07 Å². The number of carbonyl (C=O) groups excluding carboxylic acids is 1. The molecule has 0 aliphatic heterocycles. The molecule has 1 saturated carbocycles. The zero-order valence-corrected chi connectivity index (χ0v) is 9.18. The van der Waals surface area contributed by atoms with Crippen molar-refractivity contribution in [3.63, 3.8) is 0 Å². The van der Waals surface area contributed by atoms with Crippen molar-refractivity contribution in [3.8, 4) is 0 Å². The Kier molecular flexibility index (Phi) is 1.88. The molecule has 0 aromatic heterocycles. The molecular formula is C13H13FO2. The number of methoxy groups -OCH3 is 1. The Bertz CT molecular complexity index is 475. The molecule has 0 saturated heterocycles. The van der Waals surface area contributed by atoms with Crippen LogP contribution in [0, 0.1) is 5.82 Å². The summed E-state index contributed by atoms with van der Waals surface area (Å²) in [5.41, 5.74) is 2.18. The number of fused-ring (bicyclic) bond motifs is 2. The van der Waals surface area contributed by atoms with Gasteiger partial charge >= 0.3 is 5.97 Å². The Balaban J connectivity index is 2.11. The van der Waals surface area contributed by atoms with Crippen LogP contribution in [-0.2, 0) is 16.6 Å². The molecule has 0 radical (unpaired) electrons. The molecule has 1 aromatic rings. The predicted octanol–water partition coefficient (Wildman–Crippen LogP) is 2.59. The van der Waals surface area contributed by atoms with Crippen molar-refractivity contribution in [1.82, 2.24) is 0 Å². The van der Waals surface area contributed by atoms with E-state index in [4.69, 9.17) is 0 Å². The lowest BCUT2D eigenvalue weighted by molar-refractivity contribution is 0.0595. The summed E-state index contributed by atoms with van der Waals surface area (Å²) < 4.78 is 18.6. The van der Waals surface area contributed by atoms with Crippen LogP contribution in [0.25, 0.3) is 0 Å². The van der Waals surface area contributed by atoms with Crippen LogP contribution in [0.15, 0.2) is 12.1 Å². The molecular weight excluding hydrogens is 207 g/mol. The van der Waals surface area contributed by atoms with Gasteiger partial charge in [0.25, 0.3) is 0 Å². The van der Waals surface area contributed by atoms with E-state index >= 15 is 0 Å². The Hall–Kier alpha value is -1.38. The second kappa shape index (κ2) is 3.06. The maximum absolute atomic E-state index is 14.1. The summed E-state index contributed by atoms with van der Waals surface area (Å²) in [6.45, 7) is 0. The first-order chi connectivity index (χ1) is 7.68. The van der Waals surface area contributed by atoms with Gasteiger partial charge in [0.2, 0.25) is 0 Å². The molecule has 2 aliphatic rings. The average Bonchev–Trinajstić information content (AvgIpc) is 2.97. The van der Waals surface area contributed by atoms with Gasteiger partial charge in [0, 0.05) is 0 Å². The zero-order chi connectivity index (χ0) is 11.3. The van der Waals surface area contributed by atoms with Crippen LogP contribution in [0.2, 0.25) is 0 Å². The lowest BCUT2D eigenvalue weighted by atomic mass is 9.97. The minimum absolute atomic E-state index is 0.0685. The van der Waals surface area contributed by atoms with E-state index in [0.29, 0.717) is 0 Å². The van der Waals surface area contributed by atoms with Gasteiger partial charge in [-0.1, -0.05) is 6.07 Å². The van der Waals surface area contributed by atoms with E-state index < -0.39 is 5.97 Å². The van der Waals surface area contributed by atoms with Gasteiger partial charge in [0.1, 0.15) is 5.82 Å². The molecule has 3 rings (SSSR count). The second-order valence-electron chi connectivity index (χ2n) is 4.73. The Labute approximate surface area is 93.4 Å². The number of ether oxygens (including phenoxy) is 1. The second-order valence-corrected chi connectivity index (χ2v) is 4.73. The third kappa shape index (κ3) is 1.14. The first kappa shape index (κ1) is 9.82. The first-order valence-corrected chi connectivity index (χ1v) is 5.58. The fourth-order valence-electron chi connectivity index (χ4n) is 2.80. The number of hydrogen-bond donors (Lipinski definition) is 0. The summed E-state index contributed by atoms with van der Waals surface area (Å²) in [4.78, 5) is 11.3. The van der Waals surface area contributed by atoms with E-state index in [1.54, 1.807) is 6.07 Å². The van der Waals surface area contributed by atoms with Crippen molar-refractivity contribution >= 4 is 5.97 Å². The third-order valence-electron chi connectivity index (χ3n) is 3.93. The Morgan fingerprint density at radius 3 is 2.75 bits per heavy atom. The largest absolute Gasteiger partial charge is 0.465 e. The van der Waals surface area contributed by atoms with Gasteiger partial charge in [0.05, 0.1) is 12.7 Å². The molecule has 2 aliphatic carbocycles. The summed E-state index contributed by atoms with van der Waals surface area (Å²) in [6, 6.07) is 3.47. The normalized spacial score (nSPS) is 19.6. The van der Waals surface area contributed by atoms with Crippen LogP contribution >= 0.6 is 0 Å². The van der Waals surface area contributed by atoms with Gasteiger partial charge in [-0.15, -0.1) is 0 Å². The highest BCUT2D eigenvalue weighted by molar-refractivity contribution is 5.90. The van der Waals surface area contributed by atoms with Crippen LogP contribution in [-0.4, -0.2) is 13.1 Å². The number of rotatable bonds is 1. The van der Waals surface area contributed by atoms with E-state index in [1.165, 1.54) is 7.11 Å². The molecule has 2 nitrogen and oxygen atoms in total. The molecule has 0 unspecified atom stereocenters. The lowest BCUT2D eigenvalue weighted by Crippen LogP contribution is -2.08. The highest BCUT2D eigenvalue weighted by Crippen LogP contribution is 2.57. The van der Waals surface area contributed by atoms with Crippen LogP contribution in [0.1, 0.15) is 40.7 Å². The van der Waals surface area contributed by atoms with E-state index in [-0.39, 0.29) is 16.8 Å². The van der Waals surface area contributed by atoms with Crippen LogP contribution in [0.4, 0.5) is 4.39 Å². The van der Waals surface area contributed by atoms with Gasteiger partial charge in [0.15, 0.2) is 0 Å². The van der Waals surface area contributed by atoms with Crippen molar-refractivity contribution in [2.24, 2.45) is 0 Å². The highest BCUT2D eigenvalue weighted by atomic mass is 19.1. The lowest BCUT2D eigenvalue weighted by Gasteiger charge is -2.09. The minimum Gasteiger partial charge on any atom is -0.465 e. The molecule has 0 atom stereocenters. The summed E-state index contributed by atoms with van der Waals surface area (Å²) in [5.74, 6) is -0.954. The fraction of sp³-hybridized carbons (Fsp3) is 0.462. The molecule has 1 fully saturated rings. The third-order valence-corrected chi connectivity index (χ3v) is 3.93. The SMILES string of the molecule is COC(=O)c1ccc2c(c1F)CCC21CC1. The molecule has 1 aromatic carbocycles. The monoisotopic (exact) mass is 220 g/mol. The highest BCUT2D eigenvalue weighted by Gasteiger charge is 2.49. The van der Waals surface area contributed by atoms with Crippen molar-refractivity contribution in [3.05, 3.63) is 34.6 Å². The topological polar surface area (TPSA) is 26.3 Å². The Morgan fingerprint density at radius 1 is 1.38 bits per heavy atom. The maximum Gasteiger partial charge on any atom is 0.340 e. The van der Waals surface area contributed by atoms with Gasteiger partial charge < -0.3 is 4.74 Å². The van der Waals surface area contributed by atoms with Crippen LogP contribution < -0.4 is 0 Å². The van der Waals surface area contributed by atoms with Crippen LogP contribution in [0.5, 0.6) is 0 Å². The quantitative estimate of drug-likeness (QED) is 0.680. The smallest absolute Gasteiger partial charge is 0.340 e. The number of hydrogen-bond acceptors (Lipinski definition) is 2. The van der Waals surface area contributed by atoms with Crippen molar-refractivity contribution in [2.75, 3.05) is 7.11 Å². The summed E-state index contributed by atoms with van der Waals surface area (Å²) in [7, 11) is 1.28. The molecule has 0 N–H and O–H groups in total. The fourth-order valence-corrected chi connectivity index (χ4v) is 2.80. The predicted molar refractivity (Wildman–Crippen MR) is 57.0 cm³/mol. The molecule has 0 heterocycles. The number of esters is 1. The van der Waals surface area contributed by atoms with E-state index in [2.05, 4.69) is 4.74 Å². The van der Waals surface area contributed by atoms with Gasteiger partial charge in [-0.05, 0) is 48.3 Å². The summed E-state index contributed by atoms with van der Waals surface area (Å²) in [6.07, 6.45) is 4.11. The Morgan fingerprint density at radius 2 is 2.12 bits per heavy atom.